The predicted molar refractivity (Wildman–Crippen MR) is 160 cm³/mol. The smallest absolute Gasteiger partial charge is 0.428 e. The molecule has 1 heterocycles. The van der Waals surface area contributed by atoms with Gasteiger partial charge in [-0.3, -0.25) is 14.4 Å². The van der Waals surface area contributed by atoms with Gasteiger partial charge in [0.2, 0.25) is 17.7 Å². The normalized spacial score (nSPS) is 20.0. The number of carbonyl (C=O) groups excluding carboxylic acids is 4. The van der Waals surface area contributed by atoms with E-state index in [1.807, 2.05) is 62.4 Å². The standard InChI is InChI=1S/C32H43N5O6/c1-21(2)28(35-29(38)22(3)33-4)31(40)37-18-17-36(43-32(41)42-20-23-11-6-5-7-12-23)19-27(37)30(39)34-26-16-10-14-24-13-8-9-15-25(24)26/h5-9,11-13,15,21-22,26-28,33H,10,14,16-20H2,1-4H3,(H,34,39)(H,35,38)/t22-,26?,27-,28-/m0/s1. The molecule has 1 fully saturated rings. The zero-order valence-electron chi connectivity index (χ0n) is 25.4. The van der Waals surface area contributed by atoms with E-state index in [0.29, 0.717) is 0 Å². The van der Waals surface area contributed by atoms with Gasteiger partial charge < -0.3 is 30.4 Å². The van der Waals surface area contributed by atoms with Gasteiger partial charge in [-0.2, -0.15) is 0 Å². The lowest BCUT2D eigenvalue weighted by atomic mass is 9.87. The van der Waals surface area contributed by atoms with Crippen molar-refractivity contribution in [2.45, 2.75) is 70.8 Å². The van der Waals surface area contributed by atoms with Crippen molar-refractivity contribution in [3.05, 3.63) is 71.3 Å². The van der Waals surface area contributed by atoms with Crippen LogP contribution in [0.25, 0.3) is 0 Å². The van der Waals surface area contributed by atoms with Crippen LogP contribution in [0.2, 0.25) is 0 Å². The van der Waals surface area contributed by atoms with E-state index in [-0.39, 0.29) is 55.9 Å². The van der Waals surface area contributed by atoms with Gasteiger partial charge in [0.25, 0.3) is 0 Å². The minimum Gasteiger partial charge on any atom is -0.428 e. The Labute approximate surface area is 253 Å². The summed E-state index contributed by atoms with van der Waals surface area (Å²) in [4.78, 5) is 60.0. The molecule has 2 aromatic rings. The maximum Gasteiger partial charge on any atom is 0.528 e. The molecule has 0 aromatic heterocycles. The number of hydrogen-bond acceptors (Lipinski definition) is 8. The van der Waals surface area contributed by atoms with Crippen molar-refractivity contribution in [3.8, 4) is 0 Å². The molecule has 3 amide bonds. The number of piperazine rings is 1. The number of hydroxylamine groups is 2. The lowest BCUT2D eigenvalue weighted by Crippen LogP contribution is -2.65. The quantitative estimate of drug-likeness (QED) is 0.359. The highest BCUT2D eigenvalue weighted by Crippen LogP contribution is 2.30. The average molecular weight is 594 g/mol. The fourth-order valence-electron chi connectivity index (χ4n) is 5.45. The summed E-state index contributed by atoms with van der Waals surface area (Å²) in [5, 5.41) is 10.3. The molecule has 4 rings (SSSR count). The summed E-state index contributed by atoms with van der Waals surface area (Å²) in [6, 6.07) is 14.8. The van der Waals surface area contributed by atoms with Crippen LogP contribution in [0.1, 0.15) is 56.3 Å². The third-order valence-corrected chi connectivity index (χ3v) is 8.07. The first-order chi connectivity index (χ1) is 20.7. The largest absolute Gasteiger partial charge is 0.528 e. The van der Waals surface area contributed by atoms with Crippen LogP contribution in [0.5, 0.6) is 0 Å². The summed E-state index contributed by atoms with van der Waals surface area (Å²) < 4.78 is 5.27. The summed E-state index contributed by atoms with van der Waals surface area (Å²) in [5.74, 6) is -1.24. The molecule has 3 N–H and O–H groups in total. The van der Waals surface area contributed by atoms with Crippen molar-refractivity contribution in [3.63, 3.8) is 0 Å². The second kappa shape index (κ2) is 15.0. The predicted octanol–water partition coefficient (Wildman–Crippen LogP) is 2.71. The Balaban J connectivity index is 1.50. The van der Waals surface area contributed by atoms with Crippen molar-refractivity contribution in [2.24, 2.45) is 5.92 Å². The molecule has 0 saturated carbocycles. The van der Waals surface area contributed by atoms with Crippen molar-refractivity contribution in [1.29, 1.82) is 0 Å². The summed E-state index contributed by atoms with van der Waals surface area (Å²) >= 11 is 0. The number of nitrogens with one attached hydrogen (secondary N) is 3. The third-order valence-electron chi connectivity index (χ3n) is 8.07. The van der Waals surface area contributed by atoms with Gasteiger partial charge in [0.1, 0.15) is 18.7 Å². The van der Waals surface area contributed by atoms with Gasteiger partial charge in [-0.05, 0) is 55.8 Å². The highest BCUT2D eigenvalue weighted by Gasteiger charge is 2.41. The molecule has 0 spiro atoms. The van der Waals surface area contributed by atoms with Crippen LogP contribution in [0, 0.1) is 5.92 Å². The van der Waals surface area contributed by atoms with Crippen LogP contribution >= 0.6 is 0 Å². The maximum atomic E-state index is 13.9. The number of benzene rings is 2. The number of amides is 3. The first kappa shape index (κ1) is 32.0. The Hall–Kier alpha value is -3.96. The first-order valence-electron chi connectivity index (χ1n) is 15.0. The number of hydrogen-bond donors (Lipinski definition) is 3. The molecule has 11 nitrogen and oxygen atoms in total. The van der Waals surface area contributed by atoms with Crippen molar-refractivity contribution < 1.29 is 28.8 Å². The second-order valence-electron chi connectivity index (χ2n) is 11.4. The van der Waals surface area contributed by atoms with E-state index in [9.17, 15) is 19.2 Å². The molecule has 2 aliphatic rings. The van der Waals surface area contributed by atoms with E-state index < -0.39 is 24.3 Å². The second-order valence-corrected chi connectivity index (χ2v) is 11.4. The number of carbonyl (C=O) groups is 4. The molecule has 4 atom stereocenters. The van der Waals surface area contributed by atoms with Crippen LogP contribution in [0.15, 0.2) is 54.6 Å². The van der Waals surface area contributed by atoms with E-state index in [1.54, 1.807) is 14.0 Å². The monoisotopic (exact) mass is 593 g/mol. The number of rotatable bonds is 10. The molecule has 11 heteroatoms. The molecule has 43 heavy (non-hydrogen) atoms. The third kappa shape index (κ3) is 8.32. The highest BCUT2D eigenvalue weighted by atomic mass is 16.8. The molecule has 1 aliphatic carbocycles. The van der Waals surface area contributed by atoms with Crippen LogP contribution in [0.3, 0.4) is 0 Å². The average Bonchev–Trinajstić information content (AvgIpc) is 3.02. The summed E-state index contributed by atoms with van der Waals surface area (Å²) in [6.45, 7) is 5.70. The van der Waals surface area contributed by atoms with E-state index >= 15 is 0 Å². The van der Waals surface area contributed by atoms with E-state index in [2.05, 4.69) is 22.0 Å². The Bertz CT molecular complexity index is 1270. The molecule has 1 unspecified atom stereocenters. The fourth-order valence-corrected chi connectivity index (χ4v) is 5.45. The Kier molecular flexibility index (Phi) is 11.1. The van der Waals surface area contributed by atoms with Gasteiger partial charge >= 0.3 is 6.16 Å². The molecule has 232 valence electrons. The molecular weight excluding hydrogens is 550 g/mol. The summed E-state index contributed by atoms with van der Waals surface area (Å²) in [5.41, 5.74) is 3.08. The molecule has 2 aromatic carbocycles. The van der Waals surface area contributed by atoms with Crippen molar-refractivity contribution >= 4 is 23.9 Å². The minimum absolute atomic E-state index is 0.0436. The molecular formula is C32H43N5O6. The van der Waals surface area contributed by atoms with Gasteiger partial charge in [0.15, 0.2) is 0 Å². The Morgan fingerprint density at radius 2 is 1.70 bits per heavy atom. The van der Waals surface area contributed by atoms with Crippen molar-refractivity contribution in [1.82, 2.24) is 25.9 Å². The highest BCUT2D eigenvalue weighted by molar-refractivity contribution is 5.93. The number of aryl methyl sites for hydroxylation is 1. The van der Waals surface area contributed by atoms with Gasteiger partial charge in [0, 0.05) is 6.54 Å². The Morgan fingerprint density at radius 3 is 2.42 bits per heavy atom. The Morgan fingerprint density at radius 1 is 0.977 bits per heavy atom. The summed E-state index contributed by atoms with van der Waals surface area (Å²) in [6.07, 6.45) is 1.77. The number of likely N-dealkylation sites (N-methyl/N-ethyl adjacent to an activating group) is 1. The fraction of sp³-hybridized carbons (Fsp3) is 0.500. The minimum atomic E-state index is -0.961. The van der Waals surface area contributed by atoms with Crippen LogP contribution in [-0.2, 0) is 37.0 Å². The van der Waals surface area contributed by atoms with Crippen LogP contribution in [0.4, 0.5) is 4.79 Å². The van der Waals surface area contributed by atoms with E-state index in [0.717, 1.165) is 30.4 Å². The zero-order valence-corrected chi connectivity index (χ0v) is 25.4. The SMILES string of the molecule is CN[C@@H](C)C(=O)N[C@H](C(=O)N1CCN(OC(=O)OCc2ccccc2)C[C@H]1C(=O)NC1CCCc2ccccc21)C(C)C. The zero-order chi connectivity index (χ0) is 30.9. The van der Waals surface area contributed by atoms with Gasteiger partial charge in [-0.15, -0.1) is 5.06 Å². The number of nitrogens with zero attached hydrogens (tertiary/aromatic N) is 2. The van der Waals surface area contributed by atoms with E-state index in [1.165, 1.54) is 15.5 Å². The van der Waals surface area contributed by atoms with Crippen LogP contribution < -0.4 is 16.0 Å². The number of ether oxygens (including phenoxy) is 1. The summed E-state index contributed by atoms with van der Waals surface area (Å²) in [7, 11) is 1.67. The van der Waals surface area contributed by atoms with Gasteiger partial charge in [0.05, 0.1) is 25.2 Å². The number of fused-ring (bicyclic) bond motifs is 1. The first-order valence-corrected chi connectivity index (χ1v) is 15.0. The molecule has 1 saturated heterocycles. The van der Waals surface area contributed by atoms with Crippen molar-refractivity contribution in [2.75, 3.05) is 26.7 Å². The maximum absolute atomic E-state index is 13.9. The molecule has 1 aliphatic heterocycles. The topological polar surface area (TPSA) is 129 Å². The van der Waals surface area contributed by atoms with Crippen LogP contribution in [-0.4, -0.2) is 78.6 Å². The van der Waals surface area contributed by atoms with Gasteiger partial charge in [-0.1, -0.05) is 68.4 Å². The van der Waals surface area contributed by atoms with E-state index in [4.69, 9.17) is 9.57 Å². The molecule has 0 bridgehead atoms. The lowest BCUT2D eigenvalue weighted by Gasteiger charge is -2.41. The van der Waals surface area contributed by atoms with Gasteiger partial charge in [-0.25, -0.2) is 4.79 Å². The molecule has 0 radical (unpaired) electrons. The lowest BCUT2D eigenvalue weighted by molar-refractivity contribution is -0.175.